The molecule has 0 spiro atoms. The molecule has 1 amide bonds. The van der Waals surface area contributed by atoms with E-state index in [0.717, 1.165) is 15.1 Å². The Balaban J connectivity index is 1.97. The molecule has 0 radical (unpaired) electrons. The molecule has 0 bridgehead atoms. The van der Waals surface area contributed by atoms with E-state index in [1.54, 1.807) is 23.6 Å². The Bertz CT molecular complexity index is 811. The van der Waals surface area contributed by atoms with Crippen LogP contribution in [0.25, 0.3) is 10.2 Å². The van der Waals surface area contributed by atoms with Gasteiger partial charge >= 0.3 is 0 Å². The summed E-state index contributed by atoms with van der Waals surface area (Å²) < 4.78 is 0.926. The van der Waals surface area contributed by atoms with Gasteiger partial charge in [0.05, 0.1) is 16.4 Å². The zero-order chi connectivity index (χ0) is 14.8. The number of halogens is 1. The van der Waals surface area contributed by atoms with Crippen LogP contribution in [0.5, 0.6) is 0 Å². The van der Waals surface area contributed by atoms with Crippen LogP contribution in [0.3, 0.4) is 0 Å². The summed E-state index contributed by atoms with van der Waals surface area (Å²) in [4.78, 5) is 17.2. The molecule has 21 heavy (non-hydrogen) atoms. The Morgan fingerprint density at radius 1 is 1.43 bits per heavy atom. The number of carbonyl (C=O) groups excluding carboxylic acids is 1. The Morgan fingerprint density at radius 2 is 2.29 bits per heavy atom. The van der Waals surface area contributed by atoms with Crippen molar-refractivity contribution in [1.82, 2.24) is 4.98 Å². The number of thiazole rings is 1. The Morgan fingerprint density at radius 3 is 3.00 bits per heavy atom. The molecule has 0 unspecified atom stereocenters. The van der Waals surface area contributed by atoms with E-state index < -0.39 is 0 Å². The molecule has 2 heterocycles. The van der Waals surface area contributed by atoms with Gasteiger partial charge in [-0.3, -0.25) is 4.79 Å². The average molecular weight is 336 g/mol. The van der Waals surface area contributed by atoms with E-state index in [9.17, 15) is 4.79 Å². The highest BCUT2D eigenvalue weighted by atomic mass is 35.5. The lowest BCUT2D eigenvalue weighted by molar-refractivity contribution is -0.116. The number of nitrogens with zero attached hydrogens (tertiary/aromatic N) is 3. The fraction of sp³-hybridized carbons (Fsp3) is 0.0714. The first-order valence-corrected chi connectivity index (χ1v) is 8.15. The molecule has 0 N–H and O–H groups in total. The number of benzene rings is 1. The number of hydrazone groups is 1. The smallest absolute Gasteiger partial charge is 0.246 e. The molecule has 0 saturated heterocycles. The van der Waals surface area contributed by atoms with E-state index >= 15 is 0 Å². The fourth-order valence-electron chi connectivity index (χ4n) is 1.72. The van der Waals surface area contributed by atoms with Crippen LogP contribution < -0.4 is 5.01 Å². The molecule has 106 valence electrons. The third-order valence-corrected chi connectivity index (χ3v) is 4.70. The summed E-state index contributed by atoms with van der Waals surface area (Å²) in [5.41, 5.74) is 0.803. The maximum Gasteiger partial charge on any atom is 0.246 e. The van der Waals surface area contributed by atoms with Crippen LogP contribution >= 0.6 is 34.3 Å². The minimum atomic E-state index is -0.187. The molecule has 3 aromatic rings. The number of thiophene rings is 1. The minimum absolute atomic E-state index is 0.187. The molecule has 4 nitrogen and oxygen atoms in total. The van der Waals surface area contributed by atoms with Crippen molar-refractivity contribution in [2.75, 3.05) is 5.01 Å². The standard InChI is InChI=1S/C14H10ClN3OS2/c1-9(19)18(16-8-11-3-2-6-20-11)14-17-12-5-4-10(15)7-13(12)21-14/h2-8H,1H3/b16-8-. The molecule has 7 heteroatoms. The van der Waals surface area contributed by atoms with Crippen molar-refractivity contribution in [2.45, 2.75) is 6.92 Å². The monoisotopic (exact) mass is 335 g/mol. The molecule has 0 atom stereocenters. The summed E-state index contributed by atoms with van der Waals surface area (Å²) in [6.45, 7) is 1.46. The molecule has 0 fully saturated rings. The molecule has 0 saturated carbocycles. The summed E-state index contributed by atoms with van der Waals surface area (Å²) in [6, 6.07) is 9.31. The fourth-order valence-corrected chi connectivity index (χ4v) is 3.54. The van der Waals surface area contributed by atoms with E-state index in [2.05, 4.69) is 10.1 Å². The van der Waals surface area contributed by atoms with Crippen molar-refractivity contribution in [3.63, 3.8) is 0 Å². The van der Waals surface area contributed by atoms with Gasteiger partial charge in [0.25, 0.3) is 0 Å². The summed E-state index contributed by atoms with van der Waals surface area (Å²) >= 11 is 8.91. The normalized spacial score (nSPS) is 11.3. The second kappa shape index (κ2) is 5.93. The van der Waals surface area contributed by atoms with Crippen molar-refractivity contribution < 1.29 is 4.79 Å². The van der Waals surface area contributed by atoms with Gasteiger partial charge in [0.2, 0.25) is 11.0 Å². The molecular weight excluding hydrogens is 326 g/mol. The van der Waals surface area contributed by atoms with Gasteiger partial charge in [-0.15, -0.1) is 11.3 Å². The van der Waals surface area contributed by atoms with Crippen LogP contribution in [0.15, 0.2) is 40.8 Å². The molecule has 1 aromatic carbocycles. The minimum Gasteiger partial charge on any atom is -0.273 e. The second-order valence-electron chi connectivity index (χ2n) is 4.20. The van der Waals surface area contributed by atoms with E-state index in [1.807, 2.05) is 29.6 Å². The summed E-state index contributed by atoms with van der Waals surface area (Å²) in [6.07, 6.45) is 1.66. The first kappa shape index (κ1) is 14.2. The van der Waals surface area contributed by atoms with Crippen LogP contribution in [0.1, 0.15) is 11.8 Å². The number of hydrogen-bond acceptors (Lipinski definition) is 5. The van der Waals surface area contributed by atoms with Gasteiger partial charge in [0, 0.05) is 16.8 Å². The zero-order valence-corrected chi connectivity index (χ0v) is 13.4. The molecule has 2 aromatic heterocycles. The number of amides is 1. The van der Waals surface area contributed by atoms with Gasteiger partial charge in [0.1, 0.15) is 0 Å². The SMILES string of the molecule is CC(=O)N(/N=C\c1cccs1)c1nc2ccc(Cl)cc2s1. The predicted molar refractivity (Wildman–Crippen MR) is 89.7 cm³/mol. The first-order chi connectivity index (χ1) is 10.1. The lowest BCUT2D eigenvalue weighted by atomic mass is 10.3. The molecular formula is C14H10ClN3OS2. The number of anilines is 1. The number of fused-ring (bicyclic) bond motifs is 1. The van der Waals surface area contributed by atoms with E-state index in [0.29, 0.717) is 10.2 Å². The van der Waals surface area contributed by atoms with E-state index in [1.165, 1.54) is 23.3 Å². The third kappa shape index (κ3) is 3.12. The first-order valence-electron chi connectivity index (χ1n) is 6.08. The average Bonchev–Trinajstić information content (AvgIpc) is 3.07. The van der Waals surface area contributed by atoms with E-state index in [-0.39, 0.29) is 5.91 Å². The van der Waals surface area contributed by atoms with Crippen LogP contribution in [0.2, 0.25) is 5.02 Å². The maximum absolute atomic E-state index is 11.8. The van der Waals surface area contributed by atoms with Crippen molar-refractivity contribution in [1.29, 1.82) is 0 Å². The Hall–Kier alpha value is -1.76. The molecule has 3 rings (SSSR count). The van der Waals surface area contributed by atoms with Crippen molar-refractivity contribution in [3.8, 4) is 0 Å². The molecule has 0 aliphatic rings. The van der Waals surface area contributed by atoms with Gasteiger partial charge in [0.15, 0.2) is 0 Å². The largest absolute Gasteiger partial charge is 0.273 e. The lowest BCUT2D eigenvalue weighted by Crippen LogP contribution is -2.22. The van der Waals surface area contributed by atoms with Gasteiger partial charge < -0.3 is 0 Å². The topological polar surface area (TPSA) is 45.6 Å². The van der Waals surface area contributed by atoms with Crippen LogP contribution in [-0.4, -0.2) is 17.1 Å². The zero-order valence-electron chi connectivity index (χ0n) is 11.0. The highest BCUT2D eigenvalue weighted by Gasteiger charge is 2.15. The van der Waals surface area contributed by atoms with Gasteiger partial charge in [-0.05, 0) is 29.6 Å². The van der Waals surface area contributed by atoms with Crippen LogP contribution in [0.4, 0.5) is 5.13 Å². The molecule has 0 aliphatic carbocycles. The number of hydrogen-bond donors (Lipinski definition) is 0. The lowest BCUT2D eigenvalue weighted by Gasteiger charge is -2.09. The quantitative estimate of drug-likeness (QED) is 0.526. The number of rotatable bonds is 3. The van der Waals surface area contributed by atoms with Gasteiger partial charge in [-0.2, -0.15) is 10.1 Å². The number of carbonyl (C=O) groups is 1. The third-order valence-electron chi connectivity index (χ3n) is 2.66. The van der Waals surface area contributed by atoms with Crippen molar-refractivity contribution in [2.24, 2.45) is 5.10 Å². The Kier molecular flexibility index (Phi) is 4.01. The Labute approximate surface area is 134 Å². The summed E-state index contributed by atoms with van der Waals surface area (Å²) in [5, 5.41) is 8.68. The maximum atomic E-state index is 11.8. The van der Waals surface area contributed by atoms with Crippen molar-refractivity contribution >= 4 is 61.7 Å². The van der Waals surface area contributed by atoms with Crippen molar-refractivity contribution in [3.05, 3.63) is 45.6 Å². The highest BCUT2D eigenvalue weighted by Crippen LogP contribution is 2.31. The second-order valence-corrected chi connectivity index (χ2v) is 6.62. The van der Waals surface area contributed by atoms with Crippen LogP contribution in [0, 0.1) is 0 Å². The summed E-state index contributed by atoms with van der Waals surface area (Å²) in [7, 11) is 0. The molecule has 0 aliphatic heterocycles. The highest BCUT2D eigenvalue weighted by molar-refractivity contribution is 7.22. The van der Waals surface area contributed by atoms with Crippen LogP contribution in [-0.2, 0) is 4.79 Å². The summed E-state index contributed by atoms with van der Waals surface area (Å²) in [5.74, 6) is -0.187. The number of aromatic nitrogens is 1. The van der Waals surface area contributed by atoms with Gasteiger partial charge in [-0.1, -0.05) is 29.0 Å². The predicted octanol–water partition coefficient (Wildman–Crippen LogP) is 4.40. The van der Waals surface area contributed by atoms with E-state index in [4.69, 9.17) is 11.6 Å². The van der Waals surface area contributed by atoms with Gasteiger partial charge in [-0.25, -0.2) is 4.98 Å².